The molecule has 4 atom stereocenters. The fourth-order valence-corrected chi connectivity index (χ4v) is 5.33. The van der Waals surface area contributed by atoms with Crippen LogP contribution in [0, 0.1) is 5.92 Å². The van der Waals surface area contributed by atoms with Crippen molar-refractivity contribution in [2.24, 2.45) is 5.92 Å². The first kappa shape index (κ1) is 35.5. The second-order valence-electron chi connectivity index (χ2n) is 12.2. The average molecular weight is 659 g/mol. The number of nitrogens with one attached hydrogen (secondary N) is 5. The third-order valence-electron chi connectivity index (χ3n) is 8.01. The highest BCUT2D eigenvalue weighted by Crippen LogP contribution is 2.15. The number of rotatable bonds is 5. The van der Waals surface area contributed by atoms with Crippen molar-refractivity contribution in [2.75, 3.05) is 20.1 Å². The second kappa shape index (κ2) is 16.4. The number of fused-ring (bicyclic) bond motifs is 1. The van der Waals surface area contributed by atoms with E-state index in [0.717, 1.165) is 5.56 Å². The second-order valence-corrected chi connectivity index (χ2v) is 12.2. The van der Waals surface area contributed by atoms with Crippen molar-refractivity contribution >= 4 is 46.5 Å². The van der Waals surface area contributed by atoms with Gasteiger partial charge in [0.2, 0.25) is 29.5 Å². The maximum absolute atomic E-state index is 13.7. The van der Waals surface area contributed by atoms with Gasteiger partial charge in [0.25, 0.3) is 5.91 Å². The normalized spacial score (nSPS) is 22.2. The summed E-state index contributed by atoms with van der Waals surface area (Å²) in [4.78, 5) is 89.8. The summed E-state index contributed by atoms with van der Waals surface area (Å²) >= 11 is 0. The molecule has 1 aliphatic rings. The summed E-state index contributed by atoms with van der Waals surface area (Å²) in [7, 11) is 1.47. The Morgan fingerprint density at radius 1 is 0.917 bits per heavy atom. The fourth-order valence-electron chi connectivity index (χ4n) is 5.33. The number of carbonyl (C=O) groups is 6. The minimum absolute atomic E-state index is 0.119. The molecule has 0 aliphatic carbocycles. The van der Waals surface area contributed by atoms with Gasteiger partial charge in [0, 0.05) is 32.4 Å². The number of benzene rings is 2. The molecular weight excluding hydrogens is 616 g/mol. The molecule has 5 N–H and O–H groups in total. The van der Waals surface area contributed by atoms with Gasteiger partial charge in [-0.2, -0.15) is 0 Å². The molecule has 0 bridgehead atoms. The Morgan fingerprint density at radius 3 is 2.38 bits per heavy atom. The number of hydrogen-bond donors (Lipinski definition) is 5. The molecule has 0 saturated carbocycles. The maximum atomic E-state index is 13.7. The van der Waals surface area contributed by atoms with Crippen LogP contribution in [0.25, 0.3) is 11.0 Å². The number of amides is 6. The van der Waals surface area contributed by atoms with E-state index >= 15 is 0 Å². The molecule has 1 saturated heterocycles. The van der Waals surface area contributed by atoms with Crippen molar-refractivity contribution in [3.63, 3.8) is 0 Å². The van der Waals surface area contributed by atoms with Crippen molar-refractivity contribution < 1.29 is 28.8 Å². The van der Waals surface area contributed by atoms with Gasteiger partial charge in [0.15, 0.2) is 0 Å². The molecule has 14 nitrogen and oxygen atoms in total. The minimum Gasteiger partial charge on any atom is -0.355 e. The van der Waals surface area contributed by atoms with E-state index in [1.165, 1.54) is 31.3 Å². The van der Waals surface area contributed by atoms with Crippen molar-refractivity contribution in [1.29, 1.82) is 0 Å². The summed E-state index contributed by atoms with van der Waals surface area (Å²) in [5.74, 6) is -3.69. The number of aromatic nitrogens is 2. The highest BCUT2D eigenvalue weighted by molar-refractivity contribution is 6.06. The van der Waals surface area contributed by atoms with Crippen LogP contribution in [0.2, 0.25) is 0 Å². The number of hydrogen-bond acceptors (Lipinski definition) is 8. The van der Waals surface area contributed by atoms with E-state index in [1.54, 1.807) is 32.0 Å². The van der Waals surface area contributed by atoms with Crippen LogP contribution in [0.1, 0.15) is 49.5 Å². The molecular formula is C34H42N8O6. The molecule has 1 aromatic heterocycles. The summed E-state index contributed by atoms with van der Waals surface area (Å²) in [6, 6.07) is 9.85. The van der Waals surface area contributed by atoms with E-state index in [2.05, 4.69) is 36.6 Å². The molecule has 0 unspecified atom stereocenters. The zero-order chi connectivity index (χ0) is 34.8. The Hall–Kier alpha value is -5.40. The fraction of sp³-hybridized carbons (Fsp3) is 0.412. The number of carbonyl (C=O) groups excluding carboxylic acids is 6. The third-order valence-corrected chi connectivity index (χ3v) is 8.01. The smallest absolute Gasteiger partial charge is 0.254 e. The predicted octanol–water partition coefficient (Wildman–Crippen LogP) is 0.470. The summed E-state index contributed by atoms with van der Waals surface area (Å²) in [6.07, 6.45) is 3.55. The molecule has 0 spiro atoms. The van der Waals surface area contributed by atoms with E-state index in [0.29, 0.717) is 17.5 Å². The quantitative estimate of drug-likeness (QED) is 0.261. The number of nitrogens with zero attached hydrogens (tertiary/aromatic N) is 3. The Labute approximate surface area is 278 Å². The Bertz CT molecular complexity index is 1640. The average Bonchev–Trinajstić information content (AvgIpc) is 3.07. The molecule has 1 aliphatic heterocycles. The van der Waals surface area contributed by atoms with E-state index in [-0.39, 0.29) is 37.4 Å². The molecule has 3 aromatic rings. The van der Waals surface area contributed by atoms with Gasteiger partial charge in [-0.1, -0.05) is 50.2 Å². The molecule has 2 heterocycles. The van der Waals surface area contributed by atoms with Gasteiger partial charge in [0.1, 0.15) is 29.7 Å². The van der Waals surface area contributed by atoms with Crippen molar-refractivity contribution in [2.45, 2.75) is 64.2 Å². The highest BCUT2D eigenvalue weighted by Gasteiger charge is 2.32. The largest absolute Gasteiger partial charge is 0.355 e. The van der Waals surface area contributed by atoms with Crippen LogP contribution in [0.4, 0.5) is 0 Å². The number of para-hydroxylation sites is 1. The summed E-state index contributed by atoms with van der Waals surface area (Å²) in [5.41, 5.74) is 1.89. The first-order chi connectivity index (χ1) is 22.9. The van der Waals surface area contributed by atoms with Crippen LogP contribution >= 0.6 is 0 Å². The van der Waals surface area contributed by atoms with Gasteiger partial charge in [-0.25, -0.2) is 0 Å². The van der Waals surface area contributed by atoms with Crippen LogP contribution in [0.15, 0.2) is 60.9 Å². The summed E-state index contributed by atoms with van der Waals surface area (Å²) in [5, 5.41) is 13.6. The van der Waals surface area contributed by atoms with Gasteiger partial charge < -0.3 is 31.5 Å². The molecule has 0 radical (unpaired) electrons. The lowest BCUT2D eigenvalue weighted by atomic mass is 10.0. The molecule has 2 aromatic carbocycles. The predicted molar refractivity (Wildman–Crippen MR) is 177 cm³/mol. The Morgan fingerprint density at radius 2 is 1.65 bits per heavy atom. The van der Waals surface area contributed by atoms with Crippen LogP contribution < -0.4 is 26.6 Å². The minimum atomic E-state index is -1.09. The lowest BCUT2D eigenvalue weighted by Gasteiger charge is -2.28. The van der Waals surface area contributed by atoms with Gasteiger partial charge in [-0.15, -0.1) is 0 Å². The third kappa shape index (κ3) is 9.33. The van der Waals surface area contributed by atoms with Crippen LogP contribution in [-0.4, -0.2) is 94.6 Å². The van der Waals surface area contributed by atoms with Crippen LogP contribution in [0.5, 0.6) is 0 Å². The van der Waals surface area contributed by atoms with Gasteiger partial charge in [-0.3, -0.25) is 38.7 Å². The van der Waals surface area contributed by atoms with E-state index in [9.17, 15) is 28.8 Å². The highest BCUT2D eigenvalue weighted by atomic mass is 16.2. The van der Waals surface area contributed by atoms with Gasteiger partial charge >= 0.3 is 0 Å². The molecule has 48 heavy (non-hydrogen) atoms. The molecule has 4 rings (SSSR count). The molecule has 14 heteroatoms. The van der Waals surface area contributed by atoms with Gasteiger partial charge in [-0.05, 0) is 43.4 Å². The SMILES string of the molecule is CC(C)[C@H]1NC(=O)[C@@H](NC(=O)c2cccc3nccnc23)CCCNC(=O)CN(C)C(=O)[C@H](Cc2ccccc2)NC(=O)[C@@H](C)NC1=O. The van der Waals surface area contributed by atoms with Crippen molar-refractivity contribution in [3.8, 4) is 0 Å². The lowest BCUT2D eigenvalue weighted by Crippen LogP contribution is -2.59. The molecule has 6 amide bonds. The number of likely N-dealkylation sites (N-methyl/N-ethyl adjacent to an activating group) is 1. The topological polar surface area (TPSA) is 192 Å². The van der Waals surface area contributed by atoms with Gasteiger partial charge in [0.05, 0.1) is 17.6 Å². The zero-order valence-corrected chi connectivity index (χ0v) is 27.5. The van der Waals surface area contributed by atoms with E-state index < -0.39 is 59.6 Å². The van der Waals surface area contributed by atoms with Crippen molar-refractivity contribution in [1.82, 2.24) is 41.5 Å². The first-order valence-corrected chi connectivity index (χ1v) is 15.9. The zero-order valence-electron chi connectivity index (χ0n) is 27.5. The van der Waals surface area contributed by atoms with Crippen LogP contribution in [0.3, 0.4) is 0 Å². The first-order valence-electron chi connectivity index (χ1n) is 15.9. The van der Waals surface area contributed by atoms with E-state index in [1.807, 2.05) is 30.3 Å². The summed E-state index contributed by atoms with van der Waals surface area (Å²) in [6.45, 7) is 4.83. The van der Waals surface area contributed by atoms with Crippen LogP contribution in [-0.2, 0) is 30.4 Å². The molecule has 1 fully saturated rings. The molecule has 254 valence electrons. The monoisotopic (exact) mass is 658 g/mol. The maximum Gasteiger partial charge on any atom is 0.254 e. The Kier molecular flexibility index (Phi) is 12.1. The van der Waals surface area contributed by atoms with E-state index in [4.69, 9.17) is 0 Å². The Balaban J connectivity index is 1.57. The lowest BCUT2D eigenvalue weighted by molar-refractivity contribution is -0.139. The summed E-state index contributed by atoms with van der Waals surface area (Å²) < 4.78 is 0. The standard InChI is InChI=1S/C34H42N8O6/c1-20(2)28-33(47)38-21(3)30(44)40-26(18-22-10-6-5-7-11-22)34(48)42(4)19-27(43)36-15-9-14-25(32(46)41-28)39-31(45)23-12-8-13-24-29(23)37-17-16-35-24/h5-8,10-13,16-17,20-21,25-26,28H,9,14-15,18-19H2,1-4H3,(H,36,43)(H,38,47)(H,39,45)(H,40,44)(H,41,46)/t21-,25+,26+,28-/m1/s1. The van der Waals surface area contributed by atoms with Crippen molar-refractivity contribution in [3.05, 3.63) is 72.1 Å².